The van der Waals surface area contributed by atoms with Crippen molar-refractivity contribution in [3.05, 3.63) is 35.7 Å². The largest absolute Gasteiger partial charge is 0.497 e. The number of aryl methyl sites for hydroxylation is 2. The summed E-state index contributed by atoms with van der Waals surface area (Å²) in [6, 6.07) is 6.97. The fraction of sp³-hybridized carbons (Fsp3) is 0.438. The molecule has 1 aliphatic carbocycles. The molecule has 2 aromatic rings. The summed E-state index contributed by atoms with van der Waals surface area (Å²) < 4.78 is 7.22. The fourth-order valence-electron chi connectivity index (χ4n) is 2.51. The highest BCUT2D eigenvalue weighted by Crippen LogP contribution is 2.30. The van der Waals surface area contributed by atoms with E-state index < -0.39 is 0 Å². The molecule has 0 bridgehead atoms. The van der Waals surface area contributed by atoms with Crippen molar-refractivity contribution in [3.8, 4) is 16.9 Å². The lowest BCUT2D eigenvalue weighted by molar-refractivity contribution is 0.414. The van der Waals surface area contributed by atoms with Crippen LogP contribution in [0.25, 0.3) is 11.1 Å². The number of ether oxygens (including phenoxy) is 1. The Morgan fingerprint density at radius 2 is 2.15 bits per heavy atom. The summed E-state index contributed by atoms with van der Waals surface area (Å²) >= 11 is 0. The third-order valence-electron chi connectivity index (χ3n) is 3.77. The van der Waals surface area contributed by atoms with Gasteiger partial charge in [0.05, 0.1) is 12.8 Å². The monoisotopic (exact) mass is 271 g/mol. The zero-order valence-corrected chi connectivity index (χ0v) is 12.3. The van der Waals surface area contributed by atoms with Gasteiger partial charge in [0.2, 0.25) is 0 Å². The van der Waals surface area contributed by atoms with Crippen LogP contribution in [0.2, 0.25) is 0 Å². The van der Waals surface area contributed by atoms with Crippen LogP contribution in [-0.2, 0) is 13.6 Å². The minimum atomic E-state index is 0.698. The zero-order chi connectivity index (χ0) is 14.1. The van der Waals surface area contributed by atoms with Crippen LogP contribution in [-0.4, -0.2) is 22.9 Å². The average molecular weight is 271 g/mol. The minimum Gasteiger partial charge on any atom is -0.497 e. The van der Waals surface area contributed by atoms with Crippen LogP contribution in [0.15, 0.2) is 24.4 Å². The molecule has 0 saturated heterocycles. The maximum atomic E-state index is 5.35. The summed E-state index contributed by atoms with van der Waals surface area (Å²) in [4.78, 5) is 0. The molecule has 0 amide bonds. The standard InChI is InChI=1S/C16H21N3O/c1-11-16(10-19(2)18-11)15-7-6-14(20-3)8-12(15)9-17-13-4-5-13/h6-8,10,13,17H,4-5,9H2,1-3H3. The highest BCUT2D eigenvalue weighted by Gasteiger charge is 2.21. The molecule has 0 aliphatic heterocycles. The third-order valence-corrected chi connectivity index (χ3v) is 3.77. The number of hydrogen-bond acceptors (Lipinski definition) is 3. The maximum Gasteiger partial charge on any atom is 0.119 e. The van der Waals surface area contributed by atoms with E-state index in [2.05, 4.69) is 35.7 Å². The number of nitrogens with zero attached hydrogens (tertiary/aromatic N) is 2. The van der Waals surface area contributed by atoms with E-state index in [-0.39, 0.29) is 0 Å². The molecule has 1 N–H and O–H groups in total. The Kier molecular flexibility index (Phi) is 3.49. The second kappa shape index (κ2) is 5.29. The van der Waals surface area contributed by atoms with Crippen molar-refractivity contribution >= 4 is 0 Å². The minimum absolute atomic E-state index is 0.698. The quantitative estimate of drug-likeness (QED) is 0.908. The second-order valence-electron chi connectivity index (χ2n) is 5.48. The van der Waals surface area contributed by atoms with E-state index in [1.807, 2.05) is 17.8 Å². The zero-order valence-electron chi connectivity index (χ0n) is 12.3. The molecule has 20 heavy (non-hydrogen) atoms. The number of aromatic nitrogens is 2. The van der Waals surface area contributed by atoms with Gasteiger partial charge in [-0.3, -0.25) is 4.68 Å². The van der Waals surface area contributed by atoms with Gasteiger partial charge in [0, 0.05) is 31.4 Å². The van der Waals surface area contributed by atoms with E-state index in [0.717, 1.165) is 18.0 Å². The van der Waals surface area contributed by atoms with Crippen molar-refractivity contribution in [3.63, 3.8) is 0 Å². The van der Waals surface area contributed by atoms with Crippen LogP contribution >= 0.6 is 0 Å². The molecule has 0 spiro atoms. The molecule has 1 heterocycles. The van der Waals surface area contributed by atoms with Gasteiger partial charge in [0.25, 0.3) is 0 Å². The predicted octanol–water partition coefficient (Wildman–Crippen LogP) is 2.66. The van der Waals surface area contributed by atoms with Crippen molar-refractivity contribution < 1.29 is 4.74 Å². The number of nitrogens with one attached hydrogen (secondary N) is 1. The topological polar surface area (TPSA) is 39.1 Å². The molecular formula is C16H21N3O. The van der Waals surface area contributed by atoms with Crippen molar-refractivity contribution in [2.75, 3.05) is 7.11 Å². The molecule has 1 aromatic carbocycles. The SMILES string of the molecule is COc1ccc(-c2cn(C)nc2C)c(CNC2CC2)c1. The van der Waals surface area contributed by atoms with Gasteiger partial charge in [-0.1, -0.05) is 6.07 Å². The van der Waals surface area contributed by atoms with E-state index in [1.165, 1.54) is 29.5 Å². The first kappa shape index (κ1) is 13.2. The van der Waals surface area contributed by atoms with Crippen LogP contribution in [0.1, 0.15) is 24.1 Å². The van der Waals surface area contributed by atoms with Crippen LogP contribution in [0.4, 0.5) is 0 Å². The fourth-order valence-corrected chi connectivity index (χ4v) is 2.51. The summed E-state index contributed by atoms with van der Waals surface area (Å²) in [5.74, 6) is 0.905. The molecule has 4 heteroatoms. The summed E-state index contributed by atoms with van der Waals surface area (Å²) in [5.41, 5.74) is 4.77. The normalized spacial score (nSPS) is 14.6. The lowest BCUT2D eigenvalue weighted by Gasteiger charge is -2.12. The molecule has 1 aromatic heterocycles. The van der Waals surface area contributed by atoms with Crippen molar-refractivity contribution in [1.29, 1.82) is 0 Å². The van der Waals surface area contributed by atoms with E-state index in [0.29, 0.717) is 6.04 Å². The van der Waals surface area contributed by atoms with E-state index in [4.69, 9.17) is 4.74 Å². The molecule has 4 nitrogen and oxygen atoms in total. The lowest BCUT2D eigenvalue weighted by Crippen LogP contribution is -2.16. The van der Waals surface area contributed by atoms with Gasteiger partial charge >= 0.3 is 0 Å². The first-order chi connectivity index (χ1) is 9.67. The molecule has 0 radical (unpaired) electrons. The highest BCUT2D eigenvalue weighted by atomic mass is 16.5. The summed E-state index contributed by atoms with van der Waals surface area (Å²) in [6.07, 6.45) is 4.67. The van der Waals surface area contributed by atoms with Crippen LogP contribution in [0.3, 0.4) is 0 Å². The lowest BCUT2D eigenvalue weighted by atomic mass is 10.00. The summed E-state index contributed by atoms with van der Waals surface area (Å²) in [5, 5.41) is 8.02. The molecule has 0 atom stereocenters. The maximum absolute atomic E-state index is 5.35. The van der Waals surface area contributed by atoms with Crippen LogP contribution < -0.4 is 10.1 Å². The molecule has 0 unspecified atom stereocenters. The van der Waals surface area contributed by atoms with Crippen molar-refractivity contribution in [2.45, 2.75) is 32.4 Å². The van der Waals surface area contributed by atoms with Gasteiger partial charge in [-0.25, -0.2) is 0 Å². The Morgan fingerprint density at radius 3 is 2.75 bits per heavy atom. The van der Waals surface area contributed by atoms with Gasteiger partial charge < -0.3 is 10.1 Å². The number of rotatable bonds is 5. The molecule has 106 valence electrons. The smallest absolute Gasteiger partial charge is 0.119 e. The van der Waals surface area contributed by atoms with Gasteiger partial charge in [-0.2, -0.15) is 5.10 Å². The highest BCUT2D eigenvalue weighted by molar-refractivity contribution is 5.69. The summed E-state index contributed by atoms with van der Waals surface area (Å²) in [6.45, 7) is 2.93. The average Bonchev–Trinajstić information content (AvgIpc) is 3.21. The van der Waals surface area contributed by atoms with Gasteiger partial charge in [-0.05, 0) is 43.0 Å². The van der Waals surface area contributed by atoms with Gasteiger partial charge in [0.15, 0.2) is 0 Å². The Balaban J connectivity index is 1.96. The number of methoxy groups -OCH3 is 1. The van der Waals surface area contributed by atoms with Crippen molar-refractivity contribution in [1.82, 2.24) is 15.1 Å². The molecule has 1 saturated carbocycles. The third kappa shape index (κ3) is 2.70. The van der Waals surface area contributed by atoms with Gasteiger partial charge in [0.1, 0.15) is 5.75 Å². The molecular weight excluding hydrogens is 250 g/mol. The number of hydrogen-bond donors (Lipinski definition) is 1. The predicted molar refractivity (Wildman–Crippen MR) is 79.8 cm³/mol. The van der Waals surface area contributed by atoms with E-state index in [1.54, 1.807) is 7.11 Å². The van der Waals surface area contributed by atoms with Crippen LogP contribution in [0.5, 0.6) is 5.75 Å². The second-order valence-corrected chi connectivity index (χ2v) is 5.48. The Labute approximate surface area is 119 Å². The first-order valence-corrected chi connectivity index (χ1v) is 7.08. The van der Waals surface area contributed by atoms with E-state index >= 15 is 0 Å². The van der Waals surface area contributed by atoms with Crippen LogP contribution in [0, 0.1) is 6.92 Å². The Morgan fingerprint density at radius 1 is 1.35 bits per heavy atom. The molecule has 1 aliphatic rings. The first-order valence-electron chi connectivity index (χ1n) is 7.08. The van der Waals surface area contributed by atoms with E-state index in [9.17, 15) is 0 Å². The molecule has 1 fully saturated rings. The molecule has 3 rings (SSSR count). The Hall–Kier alpha value is -1.81. The van der Waals surface area contributed by atoms with Crippen molar-refractivity contribution in [2.24, 2.45) is 7.05 Å². The number of benzene rings is 1. The summed E-state index contributed by atoms with van der Waals surface area (Å²) in [7, 11) is 3.67. The Bertz CT molecular complexity index is 614. The van der Waals surface area contributed by atoms with Gasteiger partial charge in [-0.15, -0.1) is 0 Å².